The molecule has 0 saturated heterocycles. The Morgan fingerprint density at radius 1 is 0.312 bits per heavy atom. The van der Waals surface area contributed by atoms with Gasteiger partial charge in [0.2, 0.25) is 21.7 Å². The summed E-state index contributed by atoms with van der Waals surface area (Å²) in [4.78, 5) is 64.7. The lowest BCUT2D eigenvalue weighted by molar-refractivity contribution is 1.13. The van der Waals surface area contributed by atoms with Gasteiger partial charge in [0.05, 0.1) is 10.4 Å². The molecule has 244 valence electrons. The topological polar surface area (TPSA) is 81.2 Å². The molecule has 0 radical (unpaired) electrons. The predicted molar refractivity (Wildman–Crippen MR) is 199 cm³/mol. The van der Waals surface area contributed by atoms with E-state index in [1.54, 1.807) is 48.5 Å². The van der Waals surface area contributed by atoms with E-state index in [9.17, 15) is 19.2 Å². The molecule has 0 heterocycles. The van der Waals surface area contributed by atoms with Gasteiger partial charge in [-0.05, 0) is 70.8 Å². The highest BCUT2D eigenvalue weighted by Crippen LogP contribution is 2.26. The average molecular weight is 641 g/mol. The lowest BCUT2D eigenvalue weighted by Gasteiger charge is -2.16. The van der Waals surface area contributed by atoms with E-state index in [-0.39, 0.29) is 11.1 Å². The zero-order valence-corrected chi connectivity index (χ0v) is 28.7. The summed E-state index contributed by atoms with van der Waals surface area (Å²) in [5.41, 5.74) is 2.27. The second-order valence-electron chi connectivity index (χ2n) is 12.6. The molecule has 0 amide bonds. The minimum Gasteiger partial charge on any atom is -0.378 e. The highest BCUT2D eigenvalue weighted by molar-refractivity contribution is 5.82. The van der Waals surface area contributed by atoms with Crippen molar-refractivity contribution in [2.45, 2.75) is 0 Å². The summed E-state index contributed by atoms with van der Waals surface area (Å²) in [6, 6.07) is 29.3. The van der Waals surface area contributed by atoms with Crippen molar-refractivity contribution < 1.29 is 0 Å². The van der Waals surface area contributed by atoms with Crippen LogP contribution in [0.4, 0.5) is 22.7 Å². The van der Waals surface area contributed by atoms with Gasteiger partial charge in [0.1, 0.15) is 0 Å². The first-order valence-corrected chi connectivity index (χ1v) is 15.6. The van der Waals surface area contributed by atoms with Crippen molar-refractivity contribution >= 4 is 33.9 Å². The molecule has 0 aliphatic carbocycles. The number of hydrogen-bond donors (Lipinski definition) is 0. The SMILES string of the molecule is CN(C)c1ccc(C(c2ccc(N(C)C)cc2)=c2c(=O)c(=O)c(=C(c3ccc(N(C)C)cc3)c3ccc(N(C)C)cc3)c(=O)c2=O)cc1. The molecule has 0 bridgehead atoms. The Bertz CT molecular complexity index is 1960. The maximum absolute atomic E-state index is 14.2. The fourth-order valence-electron chi connectivity index (χ4n) is 5.73. The Balaban J connectivity index is 1.94. The minimum absolute atomic E-state index is 0.244. The maximum Gasteiger partial charge on any atom is 0.238 e. The van der Waals surface area contributed by atoms with Crippen LogP contribution in [0.2, 0.25) is 0 Å². The smallest absolute Gasteiger partial charge is 0.238 e. The first-order valence-electron chi connectivity index (χ1n) is 15.6. The third kappa shape index (κ3) is 6.42. The van der Waals surface area contributed by atoms with Crippen LogP contribution in [0.5, 0.6) is 0 Å². The van der Waals surface area contributed by atoms with Gasteiger partial charge in [-0.1, -0.05) is 48.5 Å². The molecule has 0 unspecified atom stereocenters. The molecular weight excluding hydrogens is 600 g/mol. The molecule has 0 N–H and O–H groups in total. The van der Waals surface area contributed by atoms with Gasteiger partial charge < -0.3 is 19.6 Å². The Morgan fingerprint density at radius 2 is 0.479 bits per heavy atom. The monoisotopic (exact) mass is 640 g/mol. The summed E-state index contributed by atoms with van der Waals surface area (Å²) in [5, 5.41) is -0.844. The van der Waals surface area contributed by atoms with E-state index in [4.69, 9.17) is 0 Å². The molecule has 5 aromatic carbocycles. The molecule has 0 aliphatic heterocycles. The molecule has 8 heteroatoms. The van der Waals surface area contributed by atoms with Gasteiger partial charge in [-0.2, -0.15) is 0 Å². The molecule has 5 rings (SSSR count). The molecule has 0 aromatic heterocycles. The van der Waals surface area contributed by atoms with Gasteiger partial charge in [0, 0.05) is 90.3 Å². The van der Waals surface area contributed by atoms with Crippen LogP contribution in [0.1, 0.15) is 22.3 Å². The molecule has 8 nitrogen and oxygen atoms in total. The predicted octanol–water partition coefficient (Wildman–Crippen LogP) is 2.76. The van der Waals surface area contributed by atoms with Crippen molar-refractivity contribution in [2.24, 2.45) is 0 Å². The minimum atomic E-state index is -1.01. The molecular formula is C40H40N4O4. The summed E-state index contributed by atoms with van der Waals surface area (Å²) in [6.07, 6.45) is 0. The van der Waals surface area contributed by atoms with Crippen LogP contribution in [-0.4, -0.2) is 56.4 Å². The van der Waals surface area contributed by atoms with Gasteiger partial charge in [-0.25, -0.2) is 0 Å². The van der Waals surface area contributed by atoms with E-state index in [0.717, 1.165) is 22.7 Å². The number of nitrogens with zero attached hydrogens (tertiary/aromatic N) is 4. The zero-order chi connectivity index (χ0) is 34.9. The van der Waals surface area contributed by atoms with Gasteiger partial charge in [-0.3, -0.25) is 19.2 Å². The second-order valence-corrected chi connectivity index (χ2v) is 12.6. The van der Waals surface area contributed by atoms with Crippen LogP contribution >= 0.6 is 0 Å². The highest BCUT2D eigenvalue weighted by atomic mass is 16.2. The van der Waals surface area contributed by atoms with Gasteiger partial charge >= 0.3 is 0 Å². The molecule has 5 aromatic rings. The van der Waals surface area contributed by atoms with Crippen molar-refractivity contribution in [3.05, 3.63) is 171 Å². The van der Waals surface area contributed by atoms with Crippen molar-refractivity contribution in [3.8, 4) is 0 Å². The van der Waals surface area contributed by atoms with Gasteiger partial charge in [-0.15, -0.1) is 0 Å². The zero-order valence-electron chi connectivity index (χ0n) is 28.7. The van der Waals surface area contributed by atoms with Crippen LogP contribution in [0, 0.1) is 0 Å². The van der Waals surface area contributed by atoms with E-state index >= 15 is 0 Å². The summed E-state index contributed by atoms with van der Waals surface area (Å²) in [6.45, 7) is 0. The molecule has 48 heavy (non-hydrogen) atoms. The fourth-order valence-corrected chi connectivity index (χ4v) is 5.73. The van der Waals surface area contributed by atoms with Crippen molar-refractivity contribution in [3.63, 3.8) is 0 Å². The number of benzene rings is 5. The van der Waals surface area contributed by atoms with Gasteiger partial charge in [0.25, 0.3) is 0 Å². The van der Waals surface area contributed by atoms with Crippen molar-refractivity contribution in [1.82, 2.24) is 0 Å². The Kier molecular flexibility index (Phi) is 9.47. The van der Waals surface area contributed by atoms with Crippen molar-refractivity contribution in [2.75, 3.05) is 76.0 Å². The maximum atomic E-state index is 14.2. The van der Waals surface area contributed by atoms with E-state index in [1.165, 1.54) is 0 Å². The Morgan fingerprint density at radius 3 is 0.625 bits per heavy atom. The first-order chi connectivity index (χ1) is 22.8. The largest absolute Gasteiger partial charge is 0.378 e. The number of anilines is 4. The first kappa shape index (κ1) is 33.6. The van der Waals surface area contributed by atoms with E-state index in [0.29, 0.717) is 22.3 Å². The molecule has 0 fully saturated rings. The summed E-state index contributed by atoms with van der Waals surface area (Å²) in [5.74, 6) is 0. The Labute approximate surface area is 280 Å². The fraction of sp³-hybridized carbons (Fsp3) is 0.200. The highest BCUT2D eigenvalue weighted by Gasteiger charge is 2.20. The summed E-state index contributed by atoms with van der Waals surface area (Å²) < 4.78 is 0. The van der Waals surface area contributed by atoms with E-state index in [1.807, 2.05) is 125 Å². The quantitative estimate of drug-likeness (QED) is 0.240. The molecule has 0 aliphatic rings. The molecule has 0 saturated carbocycles. The van der Waals surface area contributed by atoms with E-state index in [2.05, 4.69) is 0 Å². The van der Waals surface area contributed by atoms with Crippen LogP contribution in [0.3, 0.4) is 0 Å². The Hall–Kier alpha value is -5.76. The van der Waals surface area contributed by atoms with Crippen LogP contribution in [0.15, 0.2) is 116 Å². The summed E-state index contributed by atoms with van der Waals surface area (Å²) >= 11 is 0. The lowest BCUT2D eigenvalue weighted by atomic mass is 9.92. The average Bonchev–Trinajstić information content (AvgIpc) is 3.08. The summed E-state index contributed by atoms with van der Waals surface area (Å²) in [7, 11) is 15.3. The normalized spacial score (nSPS) is 10.8. The molecule has 0 spiro atoms. The van der Waals surface area contributed by atoms with Gasteiger partial charge in [0.15, 0.2) is 0 Å². The van der Waals surface area contributed by atoms with Crippen molar-refractivity contribution in [1.29, 1.82) is 0 Å². The third-order valence-electron chi connectivity index (χ3n) is 8.51. The second kappa shape index (κ2) is 13.5. The number of hydrogen-bond acceptors (Lipinski definition) is 8. The molecule has 0 atom stereocenters. The van der Waals surface area contributed by atoms with Crippen LogP contribution < -0.4 is 51.8 Å². The third-order valence-corrected chi connectivity index (χ3v) is 8.51. The van der Waals surface area contributed by atoms with E-state index < -0.39 is 32.2 Å². The standard InChI is InChI=1S/C40H40N4O4/c1-41(2)29-17-9-25(10-18-29)33(26-11-19-30(20-12-26)42(3)4)35-37(45)39(47)36(40(48)38(35)46)34(27-13-21-31(22-14-27)43(5)6)28-15-23-32(24-16-28)44(7)8/h9-24H,1-8H3. The lowest BCUT2D eigenvalue weighted by Crippen LogP contribution is -2.65. The van der Waals surface area contributed by atoms with Crippen LogP contribution in [0.25, 0.3) is 11.1 Å². The van der Waals surface area contributed by atoms with Crippen LogP contribution in [-0.2, 0) is 0 Å². The number of rotatable bonds is 8.